The normalized spacial score (nSPS) is 11.1. The van der Waals surface area contributed by atoms with E-state index in [4.69, 9.17) is 21.8 Å². The molecule has 0 saturated carbocycles. The Labute approximate surface area is 113 Å². The van der Waals surface area contributed by atoms with Crippen molar-refractivity contribution in [2.75, 3.05) is 0 Å². The fourth-order valence-electron chi connectivity index (χ4n) is 1.91. The average molecular weight is 276 g/mol. The first kappa shape index (κ1) is 12.1. The van der Waals surface area contributed by atoms with Gasteiger partial charge in [-0.3, -0.25) is 4.98 Å². The highest BCUT2D eigenvalue weighted by Gasteiger charge is 2.10. The van der Waals surface area contributed by atoms with Crippen LogP contribution in [0.3, 0.4) is 0 Å². The molecular weight excluding hydrogens is 267 g/mol. The van der Waals surface area contributed by atoms with Crippen molar-refractivity contribution in [1.29, 1.82) is 0 Å². The van der Waals surface area contributed by atoms with E-state index in [-0.39, 0.29) is 0 Å². The first-order valence-electron chi connectivity index (χ1n) is 5.63. The molecule has 95 valence electrons. The van der Waals surface area contributed by atoms with Crippen molar-refractivity contribution in [1.82, 2.24) is 4.98 Å². The predicted octanol–water partition coefficient (Wildman–Crippen LogP) is 3.55. The Morgan fingerprint density at radius 2 is 2.21 bits per heavy atom. The van der Waals surface area contributed by atoms with E-state index in [2.05, 4.69) is 11.1 Å². The van der Waals surface area contributed by atoms with Crippen LogP contribution in [0.15, 0.2) is 34.9 Å². The van der Waals surface area contributed by atoms with Gasteiger partial charge in [-0.2, -0.15) is 0 Å². The zero-order chi connectivity index (χ0) is 13.4. The lowest BCUT2D eigenvalue weighted by Crippen LogP contribution is -1.92. The zero-order valence-electron chi connectivity index (χ0n) is 9.78. The second kappa shape index (κ2) is 4.64. The number of hydrogen-bond donors (Lipinski definition) is 1. The van der Waals surface area contributed by atoms with Gasteiger partial charge in [0.25, 0.3) is 0 Å². The summed E-state index contributed by atoms with van der Waals surface area (Å²) in [5, 5.41) is 1.31. The van der Waals surface area contributed by atoms with Gasteiger partial charge in [0.2, 0.25) is 0 Å². The summed E-state index contributed by atoms with van der Waals surface area (Å²) >= 11 is 6.17. The molecule has 0 fully saturated rings. The molecule has 2 heterocycles. The van der Waals surface area contributed by atoms with Gasteiger partial charge in [-0.05, 0) is 24.3 Å². The second-order valence-electron chi connectivity index (χ2n) is 4.07. The van der Waals surface area contributed by atoms with Crippen LogP contribution < -0.4 is 5.73 Å². The molecule has 0 spiro atoms. The summed E-state index contributed by atoms with van der Waals surface area (Å²) in [5.41, 5.74) is 7.50. The van der Waals surface area contributed by atoms with Crippen LogP contribution >= 0.6 is 11.6 Å². The molecule has 0 atom stereocenters. The molecule has 2 N–H and O–H groups in total. The van der Waals surface area contributed by atoms with E-state index >= 15 is 0 Å². The first-order valence-corrected chi connectivity index (χ1v) is 6.01. The summed E-state index contributed by atoms with van der Waals surface area (Å²) in [6.07, 6.45) is 1.12. The minimum Gasteiger partial charge on any atom is -0.458 e. The van der Waals surface area contributed by atoms with Gasteiger partial charge in [0.1, 0.15) is 11.6 Å². The van der Waals surface area contributed by atoms with Crippen LogP contribution in [0.1, 0.15) is 5.76 Å². The Morgan fingerprint density at radius 1 is 1.37 bits per heavy atom. The Morgan fingerprint density at radius 3 is 2.89 bits per heavy atom. The van der Waals surface area contributed by atoms with E-state index in [0.29, 0.717) is 28.6 Å². The van der Waals surface area contributed by atoms with Gasteiger partial charge in [0.05, 0.1) is 23.5 Å². The summed E-state index contributed by atoms with van der Waals surface area (Å²) in [7, 11) is 0. The number of fused-ring (bicyclic) bond motifs is 1. The number of halogens is 2. The van der Waals surface area contributed by atoms with Gasteiger partial charge in [0.15, 0.2) is 5.58 Å². The number of furan rings is 1. The van der Waals surface area contributed by atoms with E-state index in [1.165, 1.54) is 6.07 Å². The standard InChI is InChI=1S/C14H9ClFN2O/c15-12-5-8(13-2-1-10(16)7-18-13)3-9-4-11(6-17)19-14(9)12/h2-5,7H,6,17H2. The third-order valence-electron chi connectivity index (χ3n) is 2.78. The molecular formula is C14H9ClFN2O. The van der Waals surface area contributed by atoms with Crippen LogP contribution in [0.5, 0.6) is 0 Å². The number of aromatic nitrogens is 1. The highest BCUT2D eigenvalue weighted by molar-refractivity contribution is 6.35. The lowest BCUT2D eigenvalue weighted by atomic mass is 10.1. The van der Waals surface area contributed by atoms with E-state index in [1.54, 1.807) is 6.07 Å². The number of rotatable bonds is 2. The molecule has 2 aromatic heterocycles. The Hall–Kier alpha value is -1.91. The molecule has 3 nitrogen and oxygen atoms in total. The van der Waals surface area contributed by atoms with Crippen LogP contribution in [-0.2, 0) is 6.54 Å². The SMILES string of the molecule is NCc1cc2cc(-c3c[c]c(F)cn3)cc(Cl)c2o1. The highest BCUT2D eigenvalue weighted by atomic mass is 35.5. The van der Waals surface area contributed by atoms with E-state index < -0.39 is 5.82 Å². The van der Waals surface area contributed by atoms with Gasteiger partial charge < -0.3 is 10.2 Å². The maximum Gasteiger partial charge on any atom is 0.152 e. The van der Waals surface area contributed by atoms with Crippen LogP contribution in [0.4, 0.5) is 4.39 Å². The number of hydrogen-bond acceptors (Lipinski definition) is 3. The number of pyridine rings is 1. The molecule has 3 aromatic rings. The third kappa shape index (κ3) is 2.20. The second-order valence-corrected chi connectivity index (χ2v) is 4.48. The largest absolute Gasteiger partial charge is 0.458 e. The van der Waals surface area contributed by atoms with Gasteiger partial charge in [-0.1, -0.05) is 11.6 Å². The fourth-order valence-corrected chi connectivity index (χ4v) is 2.17. The number of nitrogens with two attached hydrogens (primary N) is 1. The number of nitrogens with zero attached hydrogens (tertiary/aromatic N) is 1. The van der Waals surface area contributed by atoms with Crippen molar-refractivity contribution >= 4 is 22.6 Å². The van der Waals surface area contributed by atoms with E-state index in [1.807, 2.05) is 12.1 Å². The summed E-state index contributed by atoms with van der Waals surface area (Å²) in [6.45, 7) is 0.308. The summed E-state index contributed by atoms with van der Waals surface area (Å²) in [4.78, 5) is 4.00. The molecule has 0 aliphatic carbocycles. The van der Waals surface area contributed by atoms with Crippen LogP contribution in [0, 0.1) is 11.9 Å². The van der Waals surface area contributed by atoms with Crippen molar-refractivity contribution in [3.8, 4) is 11.3 Å². The van der Waals surface area contributed by atoms with Crippen molar-refractivity contribution < 1.29 is 8.81 Å². The van der Waals surface area contributed by atoms with E-state index in [9.17, 15) is 4.39 Å². The Balaban J connectivity index is 2.17. The highest BCUT2D eigenvalue weighted by Crippen LogP contribution is 2.32. The molecule has 0 unspecified atom stereocenters. The van der Waals surface area contributed by atoms with Crippen molar-refractivity contribution in [3.63, 3.8) is 0 Å². The lowest BCUT2D eigenvalue weighted by molar-refractivity contribution is 0.552. The quantitative estimate of drug-likeness (QED) is 0.778. The molecule has 5 heteroatoms. The molecule has 0 saturated heterocycles. The zero-order valence-corrected chi connectivity index (χ0v) is 10.5. The lowest BCUT2D eigenvalue weighted by Gasteiger charge is -2.02. The van der Waals surface area contributed by atoms with Crippen molar-refractivity contribution in [3.05, 3.63) is 53.1 Å². The molecule has 19 heavy (non-hydrogen) atoms. The molecule has 0 aliphatic rings. The van der Waals surface area contributed by atoms with Gasteiger partial charge in [0, 0.05) is 17.0 Å². The summed E-state index contributed by atoms with van der Waals surface area (Å²) in [5.74, 6) is 0.164. The van der Waals surface area contributed by atoms with Gasteiger partial charge >= 0.3 is 0 Å². The minimum atomic E-state index is -0.496. The first-order chi connectivity index (χ1) is 9.17. The number of benzene rings is 1. The maximum absolute atomic E-state index is 12.8. The van der Waals surface area contributed by atoms with Crippen molar-refractivity contribution in [2.45, 2.75) is 6.54 Å². The summed E-state index contributed by atoms with van der Waals surface area (Å²) < 4.78 is 18.3. The minimum absolute atomic E-state index is 0.308. The fraction of sp³-hybridized carbons (Fsp3) is 0.0714. The maximum atomic E-state index is 12.8. The predicted molar refractivity (Wildman–Crippen MR) is 71.1 cm³/mol. The molecule has 0 aliphatic heterocycles. The molecule has 0 bridgehead atoms. The smallest absolute Gasteiger partial charge is 0.152 e. The third-order valence-corrected chi connectivity index (χ3v) is 3.06. The molecule has 0 amide bonds. The Kier molecular flexibility index (Phi) is 2.97. The monoisotopic (exact) mass is 275 g/mol. The van der Waals surface area contributed by atoms with Gasteiger partial charge in [-0.25, -0.2) is 4.39 Å². The average Bonchev–Trinajstić information content (AvgIpc) is 2.83. The van der Waals surface area contributed by atoms with Crippen LogP contribution in [0.25, 0.3) is 22.2 Å². The van der Waals surface area contributed by atoms with E-state index in [0.717, 1.165) is 17.1 Å². The van der Waals surface area contributed by atoms with Crippen LogP contribution in [0.2, 0.25) is 5.02 Å². The summed E-state index contributed by atoms with van der Waals surface area (Å²) in [6, 6.07) is 9.38. The molecule has 1 radical (unpaired) electrons. The topological polar surface area (TPSA) is 52.0 Å². The molecule has 3 rings (SSSR count). The molecule has 1 aromatic carbocycles. The Bertz CT molecular complexity index is 737. The van der Waals surface area contributed by atoms with Crippen molar-refractivity contribution in [2.24, 2.45) is 5.73 Å². The van der Waals surface area contributed by atoms with Gasteiger partial charge in [-0.15, -0.1) is 0 Å². The van der Waals surface area contributed by atoms with Crippen LogP contribution in [-0.4, -0.2) is 4.98 Å².